The van der Waals surface area contributed by atoms with Crippen LogP contribution in [0.2, 0.25) is 0 Å². The van der Waals surface area contributed by atoms with E-state index in [4.69, 9.17) is 14.7 Å². The molecule has 0 atom stereocenters. The Balaban J connectivity index is 1.79. The van der Waals surface area contributed by atoms with Gasteiger partial charge in [-0.05, 0) is 24.3 Å². The van der Waals surface area contributed by atoms with Crippen LogP contribution < -0.4 is 9.64 Å². The molecule has 8 heteroatoms. The molecule has 0 bridgehead atoms. The summed E-state index contributed by atoms with van der Waals surface area (Å²) in [5.74, 6) is -0.111. The number of carboxylic acids is 1. The van der Waals surface area contributed by atoms with Crippen molar-refractivity contribution in [3.8, 4) is 11.8 Å². The monoisotopic (exact) mass is 340 g/mol. The molecular weight excluding hydrogens is 324 g/mol. The van der Waals surface area contributed by atoms with Crippen molar-refractivity contribution in [2.45, 2.75) is 6.61 Å². The Bertz CT molecular complexity index is 795. The van der Waals surface area contributed by atoms with E-state index in [1.807, 2.05) is 11.0 Å². The number of morpholine rings is 1. The molecule has 1 aromatic carbocycles. The molecule has 128 valence electrons. The average Bonchev–Trinajstić information content (AvgIpc) is 2.67. The lowest BCUT2D eigenvalue weighted by Gasteiger charge is -2.27. The summed E-state index contributed by atoms with van der Waals surface area (Å²) in [7, 11) is 0. The zero-order chi connectivity index (χ0) is 17.6. The molecule has 2 heterocycles. The number of aromatic carboxylic acids is 1. The van der Waals surface area contributed by atoms with Crippen molar-refractivity contribution >= 4 is 11.9 Å². The number of nitriles is 1. The highest BCUT2D eigenvalue weighted by molar-refractivity contribution is 5.88. The van der Waals surface area contributed by atoms with Crippen LogP contribution >= 0.6 is 0 Å². The van der Waals surface area contributed by atoms with Crippen molar-refractivity contribution < 1.29 is 19.4 Å². The fourth-order valence-electron chi connectivity index (χ4n) is 2.39. The highest BCUT2D eigenvalue weighted by atomic mass is 16.5. The molecule has 0 radical (unpaired) electrons. The van der Waals surface area contributed by atoms with Gasteiger partial charge in [-0.3, -0.25) is 0 Å². The van der Waals surface area contributed by atoms with Crippen LogP contribution in [0.15, 0.2) is 30.5 Å². The van der Waals surface area contributed by atoms with Gasteiger partial charge >= 0.3 is 5.97 Å². The van der Waals surface area contributed by atoms with Crippen molar-refractivity contribution in [2.75, 3.05) is 31.2 Å². The predicted molar refractivity (Wildman–Crippen MR) is 87.5 cm³/mol. The summed E-state index contributed by atoms with van der Waals surface area (Å²) in [4.78, 5) is 21.9. The van der Waals surface area contributed by atoms with Gasteiger partial charge in [0.05, 0.1) is 30.5 Å². The first-order valence-corrected chi connectivity index (χ1v) is 7.72. The molecule has 1 saturated heterocycles. The van der Waals surface area contributed by atoms with Gasteiger partial charge in [-0.1, -0.05) is 0 Å². The highest BCUT2D eigenvalue weighted by Crippen LogP contribution is 2.17. The zero-order valence-electron chi connectivity index (χ0n) is 13.4. The zero-order valence-corrected chi connectivity index (χ0v) is 13.4. The Morgan fingerprint density at radius 1 is 1.32 bits per heavy atom. The molecule has 2 aromatic rings. The topological polar surface area (TPSA) is 109 Å². The molecule has 0 amide bonds. The Labute approximate surface area is 144 Å². The maximum atomic E-state index is 11.4. The van der Waals surface area contributed by atoms with Crippen LogP contribution in [-0.2, 0) is 11.3 Å². The Kier molecular flexibility index (Phi) is 5.06. The summed E-state index contributed by atoms with van der Waals surface area (Å²) < 4.78 is 10.9. The lowest BCUT2D eigenvalue weighted by Crippen LogP contribution is -2.37. The summed E-state index contributed by atoms with van der Waals surface area (Å²) in [5.41, 5.74) is 0.828. The second-order valence-corrected chi connectivity index (χ2v) is 5.36. The minimum absolute atomic E-state index is 0.00524. The SMILES string of the molecule is N#Cc1ccc(OCc2nc(N3CCOCC3)ncc2C(=O)O)cc1. The molecule has 1 aliphatic heterocycles. The summed E-state index contributed by atoms with van der Waals surface area (Å²) >= 11 is 0. The third-order valence-corrected chi connectivity index (χ3v) is 3.74. The smallest absolute Gasteiger partial charge is 0.339 e. The molecule has 1 aromatic heterocycles. The molecule has 0 saturated carbocycles. The fourth-order valence-corrected chi connectivity index (χ4v) is 2.39. The van der Waals surface area contributed by atoms with Crippen LogP contribution in [0, 0.1) is 11.3 Å². The van der Waals surface area contributed by atoms with Gasteiger partial charge in [0.2, 0.25) is 5.95 Å². The van der Waals surface area contributed by atoms with E-state index in [0.717, 1.165) is 0 Å². The third-order valence-electron chi connectivity index (χ3n) is 3.74. The number of carbonyl (C=O) groups is 1. The van der Waals surface area contributed by atoms with Crippen LogP contribution in [0.3, 0.4) is 0 Å². The molecule has 1 N–H and O–H groups in total. The van der Waals surface area contributed by atoms with Crippen LogP contribution in [0.1, 0.15) is 21.6 Å². The van der Waals surface area contributed by atoms with Gasteiger partial charge in [0.1, 0.15) is 17.9 Å². The third kappa shape index (κ3) is 4.02. The van der Waals surface area contributed by atoms with Gasteiger partial charge in [-0.2, -0.15) is 5.26 Å². The fraction of sp³-hybridized carbons (Fsp3) is 0.294. The van der Waals surface area contributed by atoms with Crippen molar-refractivity contribution in [1.82, 2.24) is 9.97 Å². The molecule has 1 fully saturated rings. The minimum Gasteiger partial charge on any atom is -0.487 e. The average molecular weight is 340 g/mol. The number of ether oxygens (including phenoxy) is 2. The number of anilines is 1. The maximum Gasteiger partial charge on any atom is 0.339 e. The van der Waals surface area contributed by atoms with E-state index in [2.05, 4.69) is 9.97 Å². The van der Waals surface area contributed by atoms with Crippen molar-refractivity contribution in [2.24, 2.45) is 0 Å². The van der Waals surface area contributed by atoms with E-state index in [1.165, 1.54) is 6.20 Å². The van der Waals surface area contributed by atoms with Gasteiger partial charge in [0.15, 0.2) is 0 Å². The molecule has 25 heavy (non-hydrogen) atoms. The molecular formula is C17H16N4O4. The number of benzene rings is 1. The number of nitrogens with zero attached hydrogens (tertiary/aromatic N) is 4. The van der Waals surface area contributed by atoms with Crippen molar-refractivity contribution in [3.05, 3.63) is 47.3 Å². The number of carboxylic acid groups (broad SMARTS) is 1. The van der Waals surface area contributed by atoms with Crippen LogP contribution in [0.4, 0.5) is 5.95 Å². The van der Waals surface area contributed by atoms with E-state index >= 15 is 0 Å². The Morgan fingerprint density at radius 2 is 2.04 bits per heavy atom. The maximum absolute atomic E-state index is 11.4. The molecule has 1 aliphatic rings. The minimum atomic E-state index is -1.10. The Morgan fingerprint density at radius 3 is 2.68 bits per heavy atom. The summed E-state index contributed by atoms with van der Waals surface area (Å²) in [6.07, 6.45) is 1.30. The normalized spacial score (nSPS) is 14.0. The second kappa shape index (κ2) is 7.59. The Hall–Kier alpha value is -3.18. The molecule has 0 spiro atoms. The number of hydrogen-bond acceptors (Lipinski definition) is 7. The van der Waals surface area contributed by atoms with Crippen LogP contribution in [-0.4, -0.2) is 47.3 Å². The lowest BCUT2D eigenvalue weighted by atomic mass is 10.2. The number of aromatic nitrogens is 2. The van der Waals surface area contributed by atoms with Crippen LogP contribution in [0.25, 0.3) is 0 Å². The summed E-state index contributed by atoms with van der Waals surface area (Å²) in [6.45, 7) is 2.47. The van der Waals surface area contributed by atoms with Crippen molar-refractivity contribution in [3.63, 3.8) is 0 Å². The lowest BCUT2D eigenvalue weighted by molar-refractivity contribution is 0.0692. The first kappa shape index (κ1) is 16.7. The first-order valence-electron chi connectivity index (χ1n) is 7.72. The quantitative estimate of drug-likeness (QED) is 0.871. The summed E-state index contributed by atoms with van der Waals surface area (Å²) in [5, 5.41) is 18.1. The highest BCUT2D eigenvalue weighted by Gasteiger charge is 2.19. The van der Waals surface area contributed by atoms with E-state index in [-0.39, 0.29) is 12.2 Å². The molecule has 0 aliphatic carbocycles. The van der Waals surface area contributed by atoms with Gasteiger partial charge < -0.3 is 19.5 Å². The van der Waals surface area contributed by atoms with E-state index in [1.54, 1.807) is 24.3 Å². The largest absolute Gasteiger partial charge is 0.487 e. The number of rotatable bonds is 5. The molecule has 3 rings (SSSR count). The van der Waals surface area contributed by atoms with Crippen LogP contribution in [0.5, 0.6) is 5.75 Å². The number of hydrogen-bond donors (Lipinski definition) is 1. The van der Waals surface area contributed by atoms with Gasteiger partial charge in [0.25, 0.3) is 0 Å². The van der Waals surface area contributed by atoms with E-state index < -0.39 is 5.97 Å². The van der Waals surface area contributed by atoms with Gasteiger partial charge in [0, 0.05) is 19.3 Å². The first-order chi connectivity index (χ1) is 12.2. The molecule has 8 nitrogen and oxygen atoms in total. The standard InChI is InChI=1S/C17H16N4O4/c18-9-12-1-3-13(4-2-12)25-11-15-14(16(22)23)10-19-17(20-15)21-5-7-24-8-6-21/h1-4,10H,5-8,11H2,(H,22,23). The van der Waals surface area contributed by atoms with E-state index in [9.17, 15) is 9.90 Å². The second-order valence-electron chi connectivity index (χ2n) is 5.36. The van der Waals surface area contributed by atoms with E-state index in [0.29, 0.717) is 49.3 Å². The van der Waals surface area contributed by atoms with Crippen molar-refractivity contribution in [1.29, 1.82) is 5.26 Å². The predicted octanol–water partition coefficient (Wildman–Crippen LogP) is 1.46. The van der Waals surface area contributed by atoms with Gasteiger partial charge in [-0.15, -0.1) is 0 Å². The molecule has 0 unspecified atom stereocenters. The summed E-state index contributed by atoms with van der Waals surface area (Å²) in [6, 6.07) is 8.60. The van der Waals surface area contributed by atoms with Gasteiger partial charge in [-0.25, -0.2) is 14.8 Å².